The van der Waals surface area contributed by atoms with Gasteiger partial charge in [-0.2, -0.15) is 0 Å². The molecule has 1 aliphatic rings. The Hall–Kier alpha value is -1.09. The fraction of sp³-hybridized carbons (Fsp3) is 0.571. The Morgan fingerprint density at radius 3 is 3.00 bits per heavy atom. The van der Waals surface area contributed by atoms with Crippen molar-refractivity contribution in [2.45, 2.75) is 45.2 Å². The van der Waals surface area contributed by atoms with E-state index in [0.29, 0.717) is 17.6 Å². The average molecular weight is 236 g/mol. The number of anilines is 1. The molecular weight excluding hydrogens is 215 g/mol. The van der Waals surface area contributed by atoms with Crippen LogP contribution in [0, 0.1) is 12.7 Å². The van der Waals surface area contributed by atoms with Crippen molar-refractivity contribution in [1.82, 2.24) is 5.32 Å². The lowest BCUT2D eigenvalue weighted by Gasteiger charge is -2.19. The van der Waals surface area contributed by atoms with Gasteiger partial charge in [0.2, 0.25) is 0 Å². The van der Waals surface area contributed by atoms with E-state index in [9.17, 15) is 4.39 Å². The second-order valence-corrected chi connectivity index (χ2v) is 5.04. The third kappa shape index (κ3) is 3.43. The van der Waals surface area contributed by atoms with Gasteiger partial charge in [0.05, 0.1) is 0 Å². The molecule has 2 rings (SSSR count). The molecule has 2 atom stereocenters. The van der Waals surface area contributed by atoms with E-state index in [-0.39, 0.29) is 5.82 Å². The fourth-order valence-electron chi connectivity index (χ4n) is 2.46. The molecule has 0 bridgehead atoms. The summed E-state index contributed by atoms with van der Waals surface area (Å²) in [7, 11) is 0. The highest BCUT2D eigenvalue weighted by Crippen LogP contribution is 2.17. The lowest BCUT2D eigenvalue weighted by Crippen LogP contribution is -2.29. The summed E-state index contributed by atoms with van der Waals surface area (Å²) in [5.41, 5.74) is 1.70. The van der Waals surface area contributed by atoms with E-state index in [1.165, 1.54) is 18.9 Å². The maximum atomic E-state index is 13.1. The molecular formula is C14H21FN2. The van der Waals surface area contributed by atoms with Crippen molar-refractivity contribution in [2.75, 3.05) is 11.9 Å². The van der Waals surface area contributed by atoms with Gasteiger partial charge in [-0.1, -0.05) is 0 Å². The first-order valence-electron chi connectivity index (χ1n) is 6.41. The van der Waals surface area contributed by atoms with Crippen molar-refractivity contribution >= 4 is 5.69 Å². The van der Waals surface area contributed by atoms with Crippen molar-refractivity contribution < 1.29 is 4.39 Å². The van der Waals surface area contributed by atoms with Gasteiger partial charge in [0, 0.05) is 17.8 Å². The predicted molar refractivity (Wildman–Crippen MR) is 69.9 cm³/mol. The lowest BCUT2D eigenvalue weighted by atomic mass is 10.1. The number of halogens is 1. The van der Waals surface area contributed by atoms with Crippen molar-refractivity contribution in [3.63, 3.8) is 0 Å². The summed E-state index contributed by atoms with van der Waals surface area (Å²) in [6, 6.07) is 6.25. The van der Waals surface area contributed by atoms with Crippen LogP contribution in [0.4, 0.5) is 10.1 Å². The highest BCUT2D eigenvalue weighted by molar-refractivity contribution is 5.46. The first-order valence-corrected chi connectivity index (χ1v) is 6.41. The van der Waals surface area contributed by atoms with Crippen molar-refractivity contribution in [3.8, 4) is 0 Å². The topological polar surface area (TPSA) is 24.1 Å². The predicted octanol–water partition coefficient (Wildman–Crippen LogP) is 3.08. The van der Waals surface area contributed by atoms with E-state index in [4.69, 9.17) is 0 Å². The van der Waals surface area contributed by atoms with Crippen LogP contribution in [0.1, 0.15) is 31.7 Å². The number of rotatable bonds is 4. The van der Waals surface area contributed by atoms with Crippen LogP contribution in [0.3, 0.4) is 0 Å². The van der Waals surface area contributed by atoms with E-state index in [0.717, 1.165) is 18.7 Å². The Kier molecular flexibility index (Phi) is 4.00. The molecule has 0 radical (unpaired) electrons. The summed E-state index contributed by atoms with van der Waals surface area (Å²) >= 11 is 0. The van der Waals surface area contributed by atoms with Crippen LogP contribution >= 0.6 is 0 Å². The van der Waals surface area contributed by atoms with Gasteiger partial charge in [-0.25, -0.2) is 4.39 Å². The van der Waals surface area contributed by atoms with Gasteiger partial charge < -0.3 is 10.6 Å². The van der Waals surface area contributed by atoms with Gasteiger partial charge >= 0.3 is 0 Å². The molecule has 94 valence electrons. The molecule has 1 aromatic rings. The third-order valence-electron chi connectivity index (χ3n) is 3.37. The van der Waals surface area contributed by atoms with Gasteiger partial charge in [0.1, 0.15) is 5.82 Å². The molecule has 1 aliphatic heterocycles. The van der Waals surface area contributed by atoms with Crippen LogP contribution in [0.25, 0.3) is 0 Å². The molecule has 0 saturated carbocycles. The summed E-state index contributed by atoms with van der Waals surface area (Å²) in [4.78, 5) is 0. The molecule has 2 unspecified atom stereocenters. The van der Waals surface area contributed by atoms with Gasteiger partial charge in [-0.05, 0) is 63.4 Å². The van der Waals surface area contributed by atoms with E-state index >= 15 is 0 Å². The van der Waals surface area contributed by atoms with E-state index in [1.54, 1.807) is 13.0 Å². The van der Waals surface area contributed by atoms with Crippen molar-refractivity contribution in [3.05, 3.63) is 29.6 Å². The SMILES string of the molecule is Cc1cc(NC(C)CC2CCCN2)ccc1F. The molecule has 0 aromatic heterocycles. The quantitative estimate of drug-likeness (QED) is 0.839. The first-order chi connectivity index (χ1) is 8.15. The Balaban J connectivity index is 1.88. The van der Waals surface area contributed by atoms with Gasteiger partial charge in [-0.3, -0.25) is 0 Å². The smallest absolute Gasteiger partial charge is 0.126 e. The molecule has 3 heteroatoms. The molecule has 2 nitrogen and oxygen atoms in total. The molecule has 1 aromatic carbocycles. The largest absolute Gasteiger partial charge is 0.383 e. The highest BCUT2D eigenvalue weighted by Gasteiger charge is 2.16. The minimum atomic E-state index is -0.138. The average Bonchev–Trinajstić information content (AvgIpc) is 2.76. The molecule has 0 aliphatic carbocycles. The summed E-state index contributed by atoms with van der Waals surface area (Å²) < 4.78 is 13.1. The van der Waals surface area contributed by atoms with Crippen LogP contribution in [-0.4, -0.2) is 18.6 Å². The van der Waals surface area contributed by atoms with Crippen LogP contribution < -0.4 is 10.6 Å². The second-order valence-electron chi connectivity index (χ2n) is 5.04. The molecule has 1 saturated heterocycles. The summed E-state index contributed by atoms with van der Waals surface area (Å²) in [5, 5.41) is 6.92. The Bertz CT molecular complexity index is 372. The number of hydrogen-bond donors (Lipinski definition) is 2. The number of aryl methyl sites for hydroxylation is 1. The summed E-state index contributed by atoms with van der Waals surface area (Å²) in [5.74, 6) is -0.138. The zero-order chi connectivity index (χ0) is 12.3. The lowest BCUT2D eigenvalue weighted by molar-refractivity contribution is 0.523. The van der Waals surface area contributed by atoms with E-state index in [1.807, 2.05) is 6.07 Å². The molecule has 0 amide bonds. The standard InChI is InChI=1S/C14H21FN2/c1-10-8-13(5-6-14(10)15)17-11(2)9-12-4-3-7-16-12/h5-6,8,11-12,16-17H,3-4,7,9H2,1-2H3. The minimum Gasteiger partial charge on any atom is -0.383 e. The normalized spacial score (nSPS) is 21.5. The van der Waals surface area contributed by atoms with Crippen LogP contribution in [0.5, 0.6) is 0 Å². The Labute approximate surface area is 103 Å². The van der Waals surface area contributed by atoms with Gasteiger partial charge in [0.25, 0.3) is 0 Å². The maximum Gasteiger partial charge on any atom is 0.126 e. The monoisotopic (exact) mass is 236 g/mol. The van der Waals surface area contributed by atoms with Gasteiger partial charge in [-0.15, -0.1) is 0 Å². The Morgan fingerprint density at radius 2 is 2.35 bits per heavy atom. The summed E-state index contributed by atoms with van der Waals surface area (Å²) in [6.45, 7) is 5.12. The van der Waals surface area contributed by atoms with Crippen molar-refractivity contribution in [2.24, 2.45) is 0 Å². The second kappa shape index (κ2) is 5.50. The first kappa shape index (κ1) is 12.4. The number of benzene rings is 1. The number of nitrogens with one attached hydrogen (secondary N) is 2. The zero-order valence-electron chi connectivity index (χ0n) is 10.6. The molecule has 1 fully saturated rings. The molecule has 17 heavy (non-hydrogen) atoms. The zero-order valence-corrected chi connectivity index (χ0v) is 10.6. The van der Waals surface area contributed by atoms with E-state index < -0.39 is 0 Å². The molecule has 0 spiro atoms. The van der Waals surface area contributed by atoms with Crippen LogP contribution in [0.15, 0.2) is 18.2 Å². The highest BCUT2D eigenvalue weighted by atomic mass is 19.1. The Morgan fingerprint density at radius 1 is 1.53 bits per heavy atom. The van der Waals surface area contributed by atoms with Gasteiger partial charge in [0.15, 0.2) is 0 Å². The molecule has 2 N–H and O–H groups in total. The van der Waals surface area contributed by atoms with Crippen molar-refractivity contribution in [1.29, 1.82) is 0 Å². The summed E-state index contributed by atoms with van der Waals surface area (Å²) in [6.07, 6.45) is 3.68. The van der Waals surface area contributed by atoms with Crippen LogP contribution in [-0.2, 0) is 0 Å². The minimum absolute atomic E-state index is 0.138. The maximum absolute atomic E-state index is 13.1. The van der Waals surface area contributed by atoms with E-state index in [2.05, 4.69) is 17.6 Å². The molecule has 1 heterocycles. The fourth-order valence-corrected chi connectivity index (χ4v) is 2.46. The number of hydrogen-bond acceptors (Lipinski definition) is 2. The van der Waals surface area contributed by atoms with Crippen LogP contribution in [0.2, 0.25) is 0 Å². The third-order valence-corrected chi connectivity index (χ3v) is 3.37.